The third kappa shape index (κ3) is 2.70. The van der Waals surface area contributed by atoms with Crippen LogP contribution in [0.15, 0.2) is 78.9 Å². The lowest BCUT2D eigenvalue weighted by atomic mass is 9.98. The summed E-state index contributed by atoms with van der Waals surface area (Å²) in [5.41, 5.74) is 6.04. The van der Waals surface area contributed by atoms with Crippen LogP contribution in [-0.4, -0.2) is 18.1 Å². The Bertz CT molecular complexity index is 1030. The molecule has 3 heteroatoms. The summed E-state index contributed by atoms with van der Waals surface area (Å²) in [6, 6.07) is 26.1. The fourth-order valence-corrected chi connectivity index (χ4v) is 3.15. The number of methoxy groups -OCH3 is 1. The van der Waals surface area contributed by atoms with E-state index in [1.54, 1.807) is 12.1 Å². The minimum Gasteiger partial charge on any atom is -0.465 e. The monoisotopic (exact) mass is 327 g/mol. The number of ether oxygens (including phenoxy) is 1. The van der Waals surface area contributed by atoms with Gasteiger partial charge in [-0.05, 0) is 29.3 Å². The summed E-state index contributed by atoms with van der Waals surface area (Å²) in [6.45, 7) is 0. The van der Waals surface area contributed by atoms with Crippen molar-refractivity contribution in [3.05, 3.63) is 84.4 Å². The summed E-state index contributed by atoms with van der Waals surface area (Å²) in [5, 5.41) is 1.18. The number of H-pyrrole nitrogens is 1. The van der Waals surface area contributed by atoms with Gasteiger partial charge in [-0.15, -0.1) is 0 Å². The van der Waals surface area contributed by atoms with Crippen molar-refractivity contribution in [3.63, 3.8) is 0 Å². The first-order valence-corrected chi connectivity index (χ1v) is 8.13. The number of benzene rings is 3. The molecule has 0 saturated carbocycles. The zero-order valence-corrected chi connectivity index (χ0v) is 13.8. The van der Waals surface area contributed by atoms with E-state index in [4.69, 9.17) is 4.74 Å². The molecule has 0 fully saturated rings. The van der Waals surface area contributed by atoms with E-state index in [1.165, 1.54) is 18.1 Å². The summed E-state index contributed by atoms with van der Waals surface area (Å²) < 4.78 is 4.78. The number of aromatic nitrogens is 1. The second kappa shape index (κ2) is 6.29. The molecule has 0 aliphatic carbocycles. The number of esters is 1. The lowest BCUT2D eigenvalue weighted by Gasteiger charge is -2.07. The first kappa shape index (κ1) is 15.2. The molecule has 25 heavy (non-hydrogen) atoms. The highest BCUT2D eigenvalue weighted by Gasteiger charge is 2.15. The summed E-state index contributed by atoms with van der Waals surface area (Å²) in [4.78, 5) is 15.2. The van der Waals surface area contributed by atoms with Gasteiger partial charge >= 0.3 is 5.97 Å². The van der Waals surface area contributed by atoms with E-state index in [1.807, 2.05) is 42.5 Å². The number of carbonyl (C=O) groups is 1. The molecular formula is C22H17NO2. The van der Waals surface area contributed by atoms with Crippen molar-refractivity contribution in [3.8, 4) is 22.4 Å². The van der Waals surface area contributed by atoms with Gasteiger partial charge in [-0.25, -0.2) is 4.79 Å². The minimum atomic E-state index is -0.327. The lowest BCUT2D eigenvalue weighted by molar-refractivity contribution is 0.0601. The van der Waals surface area contributed by atoms with Crippen molar-refractivity contribution in [2.75, 3.05) is 7.11 Å². The third-order valence-corrected chi connectivity index (χ3v) is 4.36. The standard InChI is InChI=1S/C22H17NO2/c1-25-22(24)17-13-11-16(12-14-17)21-20(15-7-3-2-4-8-15)18-9-5-6-10-19(18)23-21/h2-14,23H,1H3. The van der Waals surface area contributed by atoms with Gasteiger partial charge in [-0.1, -0.05) is 60.7 Å². The highest BCUT2D eigenvalue weighted by molar-refractivity contribution is 6.04. The van der Waals surface area contributed by atoms with Crippen LogP contribution in [-0.2, 0) is 4.74 Å². The van der Waals surface area contributed by atoms with E-state index in [9.17, 15) is 4.79 Å². The first-order valence-electron chi connectivity index (χ1n) is 8.13. The number of hydrogen-bond acceptors (Lipinski definition) is 2. The second-order valence-corrected chi connectivity index (χ2v) is 5.86. The smallest absolute Gasteiger partial charge is 0.337 e. The fourth-order valence-electron chi connectivity index (χ4n) is 3.15. The molecule has 0 unspecified atom stereocenters. The molecule has 0 atom stereocenters. The van der Waals surface area contributed by atoms with E-state index >= 15 is 0 Å². The number of nitrogens with one attached hydrogen (secondary N) is 1. The van der Waals surface area contributed by atoms with Gasteiger partial charge in [0.25, 0.3) is 0 Å². The zero-order valence-electron chi connectivity index (χ0n) is 13.8. The van der Waals surface area contributed by atoms with Gasteiger partial charge in [-0.3, -0.25) is 0 Å². The average molecular weight is 327 g/mol. The van der Waals surface area contributed by atoms with Crippen molar-refractivity contribution in [1.82, 2.24) is 4.98 Å². The van der Waals surface area contributed by atoms with Gasteiger partial charge in [0.2, 0.25) is 0 Å². The molecule has 122 valence electrons. The minimum absolute atomic E-state index is 0.327. The van der Waals surface area contributed by atoms with E-state index in [0.29, 0.717) is 5.56 Å². The Morgan fingerprint density at radius 1 is 0.800 bits per heavy atom. The number of fused-ring (bicyclic) bond motifs is 1. The van der Waals surface area contributed by atoms with Gasteiger partial charge in [0.1, 0.15) is 0 Å². The van der Waals surface area contributed by atoms with Gasteiger partial charge in [0, 0.05) is 16.5 Å². The summed E-state index contributed by atoms with van der Waals surface area (Å²) >= 11 is 0. The molecule has 1 N–H and O–H groups in total. The van der Waals surface area contributed by atoms with Gasteiger partial charge in [0.15, 0.2) is 0 Å². The topological polar surface area (TPSA) is 42.1 Å². The van der Waals surface area contributed by atoms with Gasteiger partial charge < -0.3 is 9.72 Å². The highest BCUT2D eigenvalue weighted by Crippen LogP contribution is 2.38. The van der Waals surface area contributed by atoms with E-state index in [-0.39, 0.29) is 5.97 Å². The Morgan fingerprint density at radius 3 is 2.20 bits per heavy atom. The molecule has 1 aromatic heterocycles. The molecule has 3 aromatic carbocycles. The van der Waals surface area contributed by atoms with Crippen LogP contribution in [0.3, 0.4) is 0 Å². The number of hydrogen-bond donors (Lipinski definition) is 1. The molecule has 0 amide bonds. The molecule has 0 saturated heterocycles. The molecule has 1 heterocycles. The van der Waals surface area contributed by atoms with Gasteiger partial charge in [-0.2, -0.15) is 0 Å². The van der Waals surface area contributed by atoms with E-state index in [2.05, 4.69) is 29.2 Å². The Kier molecular flexibility index (Phi) is 3.82. The molecule has 0 bridgehead atoms. The van der Waals surface area contributed by atoms with Crippen molar-refractivity contribution >= 4 is 16.9 Å². The van der Waals surface area contributed by atoms with Crippen molar-refractivity contribution < 1.29 is 9.53 Å². The number of aromatic amines is 1. The lowest BCUT2D eigenvalue weighted by Crippen LogP contribution is -2.00. The highest BCUT2D eigenvalue weighted by atomic mass is 16.5. The molecule has 0 aliphatic rings. The number of para-hydroxylation sites is 1. The van der Waals surface area contributed by atoms with Crippen LogP contribution in [0, 0.1) is 0 Å². The fraction of sp³-hybridized carbons (Fsp3) is 0.0455. The van der Waals surface area contributed by atoms with Crippen LogP contribution in [0.2, 0.25) is 0 Å². The number of carbonyl (C=O) groups excluding carboxylic acids is 1. The summed E-state index contributed by atoms with van der Waals surface area (Å²) in [6.07, 6.45) is 0. The Balaban J connectivity index is 1.91. The quantitative estimate of drug-likeness (QED) is 0.520. The second-order valence-electron chi connectivity index (χ2n) is 5.86. The Labute approximate surface area is 145 Å². The maximum absolute atomic E-state index is 11.7. The summed E-state index contributed by atoms with van der Waals surface area (Å²) in [5.74, 6) is -0.327. The van der Waals surface area contributed by atoms with Crippen molar-refractivity contribution in [2.24, 2.45) is 0 Å². The molecule has 0 aliphatic heterocycles. The predicted molar refractivity (Wildman–Crippen MR) is 101 cm³/mol. The summed E-state index contributed by atoms with van der Waals surface area (Å²) in [7, 11) is 1.39. The third-order valence-electron chi connectivity index (χ3n) is 4.36. The molecule has 3 nitrogen and oxygen atoms in total. The van der Waals surface area contributed by atoms with Crippen LogP contribution in [0.1, 0.15) is 10.4 Å². The molecule has 4 aromatic rings. The van der Waals surface area contributed by atoms with E-state index in [0.717, 1.165) is 22.3 Å². The molecular weight excluding hydrogens is 310 g/mol. The predicted octanol–water partition coefficient (Wildman–Crippen LogP) is 5.29. The van der Waals surface area contributed by atoms with E-state index < -0.39 is 0 Å². The SMILES string of the molecule is COC(=O)c1ccc(-c2[nH]c3ccccc3c2-c2ccccc2)cc1. The van der Waals surface area contributed by atoms with Crippen LogP contribution in [0.4, 0.5) is 0 Å². The number of rotatable bonds is 3. The largest absolute Gasteiger partial charge is 0.465 e. The van der Waals surface area contributed by atoms with Crippen LogP contribution >= 0.6 is 0 Å². The Morgan fingerprint density at radius 2 is 1.48 bits per heavy atom. The maximum Gasteiger partial charge on any atom is 0.337 e. The first-order chi connectivity index (χ1) is 12.3. The van der Waals surface area contributed by atoms with Crippen molar-refractivity contribution in [2.45, 2.75) is 0 Å². The normalized spacial score (nSPS) is 10.8. The molecule has 0 radical (unpaired) electrons. The van der Waals surface area contributed by atoms with Crippen LogP contribution < -0.4 is 0 Å². The zero-order chi connectivity index (χ0) is 17.2. The van der Waals surface area contributed by atoms with Crippen LogP contribution in [0.25, 0.3) is 33.3 Å². The average Bonchev–Trinajstić information content (AvgIpc) is 3.07. The maximum atomic E-state index is 11.7. The van der Waals surface area contributed by atoms with Gasteiger partial charge in [0.05, 0.1) is 18.4 Å². The Hall–Kier alpha value is -3.33. The molecule has 4 rings (SSSR count). The van der Waals surface area contributed by atoms with Crippen LogP contribution in [0.5, 0.6) is 0 Å². The molecule has 0 spiro atoms. The van der Waals surface area contributed by atoms with Crippen molar-refractivity contribution in [1.29, 1.82) is 0 Å².